The van der Waals surface area contributed by atoms with Gasteiger partial charge in [-0.1, -0.05) is 36.7 Å². The van der Waals surface area contributed by atoms with Gasteiger partial charge in [0.05, 0.1) is 17.1 Å². The summed E-state index contributed by atoms with van der Waals surface area (Å²) in [5, 5.41) is 10.7. The number of carbonyl (C=O) groups is 1. The number of thioether (sulfide) groups is 1. The number of sulfonamides is 1. The van der Waals surface area contributed by atoms with E-state index < -0.39 is 16.1 Å². The van der Waals surface area contributed by atoms with Crippen molar-refractivity contribution in [2.24, 2.45) is 0 Å². The Morgan fingerprint density at radius 1 is 1.41 bits per heavy atom. The fraction of sp³-hybridized carbons (Fsp3) is 0.444. The van der Waals surface area contributed by atoms with Gasteiger partial charge in [0.25, 0.3) is 0 Å². The molecule has 0 amide bonds. The topological polar surface area (TPSA) is 87.6 Å². The zero-order valence-electron chi connectivity index (χ0n) is 14.9. The second-order valence-electron chi connectivity index (χ2n) is 6.44. The number of hydrogen-bond donors (Lipinski definition) is 1. The molecule has 1 unspecified atom stereocenters. The van der Waals surface area contributed by atoms with E-state index >= 15 is 0 Å². The van der Waals surface area contributed by atoms with Crippen LogP contribution in [0.1, 0.15) is 32.6 Å². The molecular weight excluding hydrogens is 408 g/mol. The van der Waals surface area contributed by atoms with Gasteiger partial charge in [0, 0.05) is 23.1 Å². The molecule has 1 fully saturated rings. The summed E-state index contributed by atoms with van der Waals surface area (Å²) in [7, 11) is -3.85. The summed E-state index contributed by atoms with van der Waals surface area (Å²) >= 11 is 7.28. The maximum absolute atomic E-state index is 13.2. The van der Waals surface area contributed by atoms with Crippen LogP contribution in [-0.2, 0) is 14.8 Å². The van der Waals surface area contributed by atoms with Crippen LogP contribution < -0.4 is 0 Å². The molecule has 1 aliphatic rings. The normalized spacial score (nSPS) is 18.2. The first kappa shape index (κ1) is 20.4. The highest BCUT2D eigenvalue weighted by molar-refractivity contribution is 8.13. The molecule has 146 valence electrons. The van der Waals surface area contributed by atoms with Crippen molar-refractivity contribution < 1.29 is 18.3 Å². The van der Waals surface area contributed by atoms with E-state index in [-0.39, 0.29) is 20.9 Å². The summed E-state index contributed by atoms with van der Waals surface area (Å²) in [6.07, 6.45) is 4.33. The van der Waals surface area contributed by atoms with Crippen molar-refractivity contribution >= 4 is 49.3 Å². The van der Waals surface area contributed by atoms with Gasteiger partial charge in [-0.25, -0.2) is 13.4 Å². The Balaban J connectivity index is 1.92. The minimum absolute atomic E-state index is 0.0440. The van der Waals surface area contributed by atoms with Crippen LogP contribution in [0.15, 0.2) is 29.3 Å². The van der Waals surface area contributed by atoms with Gasteiger partial charge in [-0.2, -0.15) is 4.31 Å². The van der Waals surface area contributed by atoms with Gasteiger partial charge >= 0.3 is 0 Å². The Morgan fingerprint density at radius 2 is 2.19 bits per heavy atom. The largest absolute Gasteiger partial charge is 0.506 e. The van der Waals surface area contributed by atoms with E-state index in [0.29, 0.717) is 35.9 Å². The molecule has 27 heavy (non-hydrogen) atoms. The third-order valence-corrected chi connectivity index (χ3v) is 7.87. The van der Waals surface area contributed by atoms with Gasteiger partial charge in [-0.15, -0.1) is 0 Å². The average molecular weight is 429 g/mol. The summed E-state index contributed by atoms with van der Waals surface area (Å²) in [4.78, 5) is 16.4. The van der Waals surface area contributed by atoms with E-state index in [0.717, 1.165) is 12.8 Å². The molecule has 2 heterocycles. The molecule has 3 rings (SSSR count). The molecule has 0 saturated carbocycles. The van der Waals surface area contributed by atoms with Crippen molar-refractivity contribution in [3.63, 3.8) is 0 Å². The fourth-order valence-corrected chi connectivity index (χ4v) is 6.17. The second-order valence-corrected chi connectivity index (χ2v) is 9.78. The molecule has 0 radical (unpaired) electrons. The smallest absolute Gasteiger partial charge is 0.243 e. The number of fused-ring (bicyclic) bond motifs is 1. The number of rotatable bonds is 6. The first-order valence-electron chi connectivity index (χ1n) is 8.82. The van der Waals surface area contributed by atoms with Crippen LogP contribution in [0.5, 0.6) is 5.75 Å². The number of unbranched alkanes of at least 4 members (excludes halogenated alkanes) is 1. The number of aromatic nitrogens is 1. The standard InChI is InChI=1S/C18H21ClN2O4S2/c1-2-3-9-26-18(23)15-5-4-8-21(15)27(24,25)12-6-7-13-14(10-12)17(19)20-11-16(13)22/h6-7,10-11,15,22H,2-5,8-9H2,1H3. The quantitative estimate of drug-likeness (QED) is 0.556. The lowest BCUT2D eigenvalue weighted by Crippen LogP contribution is -2.39. The number of aromatic hydroxyl groups is 1. The number of nitrogens with zero attached hydrogens (tertiary/aromatic N) is 2. The molecule has 9 heteroatoms. The zero-order chi connectivity index (χ0) is 19.6. The number of pyridine rings is 1. The predicted octanol–water partition coefficient (Wildman–Crippen LogP) is 3.81. The third-order valence-electron chi connectivity index (χ3n) is 4.61. The van der Waals surface area contributed by atoms with E-state index in [1.54, 1.807) is 0 Å². The van der Waals surface area contributed by atoms with E-state index in [2.05, 4.69) is 11.9 Å². The van der Waals surface area contributed by atoms with Crippen LogP contribution in [0, 0.1) is 0 Å². The molecule has 1 aliphatic heterocycles. The van der Waals surface area contributed by atoms with Crippen molar-refractivity contribution in [3.8, 4) is 5.75 Å². The predicted molar refractivity (Wildman–Crippen MR) is 108 cm³/mol. The first-order chi connectivity index (χ1) is 12.9. The molecule has 1 aromatic carbocycles. The van der Waals surface area contributed by atoms with Crippen molar-refractivity contribution in [2.75, 3.05) is 12.3 Å². The highest BCUT2D eigenvalue weighted by Crippen LogP contribution is 2.34. The summed E-state index contributed by atoms with van der Waals surface area (Å²) in [6.45, 7) is 2.37. The molecular formula is C18H21ClN2O4S2. The summed E-state index contributed by atoms with van der Waals surface area (Å²) < 4.78 is 27.6. The fourth-order valence-electron chi connectivity index (χ4n) is 3.15. The van der Waals surface area contributed by atoms with Crippen molar-refractivity contribution in [1.29, 1.82) is 0 Å². The van der Waals surface area contributed by atoms with Crippen LogP contribution in [0.3, 0.4) is 0 Å². The Labute approximate surface area is 168 Å². The number of halogens is 1. The maximum Gasteiger partial charge on any atom is 0.243 e. The highest BCUT2D eigenvalue weighted by atomic mass is 35.5. The van der Waals surface area contributed by atoms with Gasteiger partial charge in [0.1, 0.15) is 10.9 Å². The van der Waals surface area contributed by atoms with E-state index in [4.69, 9.17) is 11.6 Å². The van der Waals surface area contributed by atoms with E-state index in [9.17, 15) is 18.3 Å². The van der Waals surface area contributed by atoms with Crippen LogP contribution in [0.25, 0.3) is 10.8 Å². The monoisotopic (exact) mass is 428 g/mol. The van der Waals surface area contributed by atoms with Crippen LogP contribution >= 0.6 is 23.4 Å². The lowest BCUT2D eigenvalue weighted by molar-refractivity contribution is -0.113. The molecule has 2 aromatic rings. The van der Waals surface area contributed by atoms with E-state index in [1.165, 1.54) is 40.5 Å². The van der Waals surface area contributed by atoms with Crippen LogP contribution in [0.2, 0.25) is 5.15 Å². The highest BCUT2D eigenvalue weighted by Gasteiger charge is 2.39. The van der Waals surface area contributed by atoms with E-state index in [1.807, 2.05) is 0 Å². The van der Waals surface area contributed by atoms with Crippen LogP contribution in [-0.4, -0.2) is 46.3 Å². The SMILES string of the molecule is CCCCSC(=O)C1CCCN1S(=O)(=O)c1ccc2c(O)cnc(Cl)c2c1. The molecule has 0 spiro atoms. The summed E-state index contributed by atoms with van der Waals surface area (Å²) in [5.41, 5.74) is 0. The first-order valence-corrected chi connectivity index (χ1v) is 11.6. The minimum atomic E-state index is -3.85. The molecule has 0 bridgehead atoms. The Kier molecular flexibility index (Phi) is 6.30. The number of benzene rings is 1. The number of carbonyl (C=O) groups excluding carboxylic acids is 1. The van der Waals surface area contributed by atoms with Gasteiger partial charge in [0.15, 0.2) is 0 Å². The maximum atomic E-state index is 13.2. The number of hydrogen-bond acceptors (Lipinski definition) is 6. The molecule has 1 N–H and O–H groups in total. The van der Waals surface area contributed by atoms with Gasteiger partial charge in [-0.05, 0) is 37.5 Å². The van der Waals surface area contributed by atoms with Crippen molar-refractivity contribution in [1.82, 2.24) is 9.29 Å². The molecule has 1 aromatic heterocycles. The molecule has 6 nitrogen and oxygen atoms in total. The summed E-state index contributed by atoms with van der Waals surface area (Å²) in [5.74, 6) is 0.635. The lowest BCUT2D eigenvalue weighted by Gasteiger charge is -2.23. The van der Waals surface area contributed by atoms with Gasteiger partial charge < -0.3 is 5.11 Å². The molecule has 1 saturated heterocycles. The van der Waals surface area contributed by atoms with Crippen LogP contribution in [0.4, 0.5) is 0 Å². The lowest BCUT2D eigenvalue weighted by atomic mass is 10.2. The van der Waals surface area contributed by atoms with Crippen molar-refractivity contribution in [3.05, 3.63) is 29.5 Å². The van der Waals surface area contributed by atoms with Gasteiger partial charge in [-0.3, -0.25) is 4.79 Å². The van der Waals surface area contributed by atoms with Gasteiger partial charge in [0.2, 0.25) is 15.1 Å². The Hall–Kier alpha value is -1.35. The Morgan fingerprint density at radius 3 is 2.93 bits per heavy atom. The second kappa shape index (κ2) is 8.34. The third kappa shape index (κ3) is 4.08. The average Bonchev–Trinajstić information content (AvgIpc) is 3.15. The molecule has 0 aliphatic carbocycles. The molecule has 1 atom stereocenters. The summed E-state index contributed by atoms with van der Waals surface area (Å²) in [6, 6.07) is 3.71. The Bertz CT molecular complexity index is 965. The van der Waals surface area contributed by atoms with Crippen molar-refractivity contribution in [2.45, 2.75) is 43.5 Å². The zero-order valence-corrected chi connectivity index (χ0v) is 17.3. The minimum Gasteiger partial charge on any atom is -0.506 e.